The molecule has 4 aliphatic carbocycles. The fraction of sp³-hybridized carbons (Fsp3) is 0.644. The average molecular weight is 1260 g/mol. The lowest BCUT2D eigenvalue weighted by molar-refractivity contribution is -0.225. The summed E-state index contributed by atoms with van der Waals surface area (Å²) in [6, 6.07) is 19.7. The van der Waals surface area contributed by atoms with Gasteiger partial charge in [0.1, 0.15) is 71.2 Å². The minimum absolute atomic E-state index is 0.00447. The minimum atomic E-state index is -1.21. The second-order valence-corrected chi connectivity index (χ2v) is 28.9. The molecule has 12 rings (SSSR count). The topological polar surface area (TPSA) is 246 Å². The van der Waals surface area contributed by atoms with Crippen molar-refractivity contribution in [1.29, 1.82) is 0 Å². The number of aliphatic hydroxyl groups is 3. The van der Waals surface area contributed by atoms with Gasteiger partial charge >= 0.3 is 35.8 Å². The van der Waals surface area contributed by atoms with E-state index < -0.39 is 113 Å². The molecule has 18 atom stereocenters. The van der Waals surface area contributed by atoms with E-state index in [1.54, 1.807) is 6.08 Å². The molecule has 10 aliphatic rings. The van der Waals surface area contributed by atoms with Crippen LogP contribution < -0.4 is 0 Å². The lowest BCUT2D eigenvalue weighted by Gasteiger charge is -2.50. The van der Waals surface area contributed by atoms with Crippen LogP contribution in [-0.4, -0.2) is 141 Å². The van der Waals surface area contributed by atoms with Gasteiger partial charge in [-0.05, 0) is 151 Å². The van der Waals surface area contributed by atoms with E-state index in [2.05, 4.69) is 46.8 Å². The van der Waals surface area contributed by atoms with E-state index in [9.17, 15) is 39.0 Å². The largest absolute Gasteiger partial charge is 0.457 e. The Kier molecular flexibility index (Phi) is 19.2. The summed E-state index contributed by atoms with van der Waals surface area (Å²) < 4.78 is 55.5. The van der Waals surface area contributed by atoms with Crippen LogP contribution in [0.25, 0.3) is 6.08 Å². The Morgan fingerprint density at radius 3 is 1.32 bits per heavy atom. The number of ether oxygens (including phenoxy) is 9. The Morgan fingerprint density at radius 2 is 0.934 bits per heavy atom. The molecular weight excluding hydrogens is 1160 g/mol. The van der Waals surface area contributed by atoms with Crippen molar-refractivity contribution in [2.75, 3.05) is 13.2 Å². The van der Waals surface area contributed by atoms with E-state index in [1.165, 1.54) is 42.2 Å². The molecule has 18 heteroatoms. The summed E-state index contributed by atoms with van der Waals surface area (Å²) in [7, 11) is 0. The maximum atomic E-state index is 13.4. The summed E-state index contributed by atoms with van der Waals surface area (Å²) in [5.41, 5.74) is 4.81. The first-order valence-corrected chi connectivity index (χ1v) is 33.0. The van der Waals surface area contributed by atoms with Crippen molar-refractivity contribution in [3.8, 4) is 0 Å². The van der Waals surface area contributed by atoms with Crippen LogP contribution >= 0.6 is 0 Å². The third-order valence-corrected chi connectivity index (χ3v) is 22.6. The van der Waals surface area contributed by atoms with Gasteiger partial charge in [0.05, 0.1) is 5.92 Å². The van der Waals surface area contributed by atoms with Gasteiger partial charge in [0, 0.05) is 50.0 Å². The summed E-state index contributed by atoms with van der Waals surface area (Å²) in [4.78, 5) is 74.2. The highest BCUT2D eigenvalue weighted by Crippen LogP contribution is 2.65. The molecule has 7 fully saturated rings. The summed E-state index contributed by atoms with van der Waals surface area (Å²) in [6.45, 7) is 26.1. The maximum Gasteiger partial charge on any atom is 0.335 e. The summed E-state index contributed by atoms with van der Waals surface area (Å²) >= 11 is 0. The van der Waals surface area contributed by atoms with Crippen LogP contribution in [0.4, 0.5) is 0 Å². The molecule has 6 heterocycles. The number of hydrogen-bond acceptors (Lipinski definition) is 18. The second kappa shape index (κ2) is 25.7. The smallest absolute Gasteiger partial charge is 0.335 e. The first-order chi connectivity index (χ1) is 42.9. The number of carbonyl (C=O) groups is 6. The van der Waals surface area contributed by atoms with E-state index in [4.69, 9.17) is 47.7 Å². The number of fused-ring (bicyclic) bond motifs is 12. The Balaban J connectivity index is 0.000000152. The molecule has 91 heavy (non-hydrogen) atoms. The van der Waals surface area contributed by atoms with Gasteiger partial charge < -0.3 is 58.0 Å². The number of rotatable bonds is 16. The molecule has 6 bridgehead atoms. The molecule has 6 saturated heterocycles. The molecule has 2 aromatic carbocycles. The average Bonchev–Trinajstić information content (AvgIpc) is 1.56. The van der Waals surface area contributed by atoms with Crippen LogP contribution in [0, 0.1) is 41.4 Å². The number of allylic oxidation sites excluding steroid dienone is 3. The van der Waals surface area contributed by atoms with Crippen molar-refractivity contribution in [2.24, 2.45) is 41.4 Å². The van der Waals surface area contributed by atoms with Gasteiger partial charge in [-0.2, -0.15) is 0 Å². The second-order valence-electron chi connectivity index (χ2n) is 28.9. The van der Waals surface area contributed by atoms with Crippen LogP contribution in [-0.2, 0) is 71.4 Å². The number of benzene rings is 2. The van der Waals surface area contributed by atoms with Crippen LogP contribution in [0.2, 0.25) is 0 Å². The molecule has 1 saturated carbocycles. The molecule has 18 nitrogen and oxygen atoms in total. The van der Waals surface area contributed by atoms with Gasteiger partial charge in [-0.25, -0.2) is 19.2 Å². The lowest BCUT2D eigenvalue weighted by atomic mass is 9.74. The van der Waals surface area contributed by atoms with Crippen molar-refractivity contribution in [2.45, 2.75) is 243 Å². The predicted octanol–water partition coefficient (Wildman–Crippen LogP) is 10.3. The van der Waals surface area contributed by atoms with Gasteiger partial charge in [0.15, 0.2) is 18.3 Å². The fourth-order valence-corrected chi connectivity index (χ4v) is 17.4. The number of hydrogen-bond donors (Lipinski definition) is 3. The van der Waals surface area contributed by atoms with Crippen LogP contribution in [0.1, 0.15) is 178 Å². The first-order valence-electron chi connectivity index (χ1n) is 33.0. The zero-order chi connectivity index (χ0) is 66.1. The lowest BCUT2D eigenvalue weighted by Crippen LogP contribution is -2.59. The highest BCUT2D eigenvalue weighted by atomic mass is 16.6. The van der Waals surface area contributed by atoms with Gasteiger partial charge in [-0.1, -0.05) is 119 Å². The summed E-state index contributed by atoms with van der Waals surface area (Å²) in [5, 5.41) is 28.1. The first kappa shape index (κ1) is 67.9. The van der Waals surface area contributed by atoms with Crippen molar-refractivity contribution in [1.82, 2.24) is 0 Å². The van der Waals surface area contributed by atoms with Gasteiger partial charge in [-0.15, -0.1) is 0 Å². The van der Waals surface area contributed by atoms with Crippen molar-refractivity contribution < 1.29 is 86.7 Å². The quantitative estimate of drug-likeness (QED) is 0.0612. The maximum absolute atomic E-state index is 13.4. The summed E-state index contributed by atoms with van der Waals surface area (Å²) in [6.07, 6.45) is 6.46. The minimum Gasteiger partial charge on any atom is -0.457 e. The zero-order valence-electron chi connectivity index (χ0n) is 55.5. The molecule has 496 valence electrons. The Morgan fingerprint density at radius 1 is 0.549 bits per heavy atom. The van der Waals surface area contributed by atoms with Gasteiger partial charge in [0.2, 0.25) is 0 Å². The van der Waals surface area contributed by atoms with Gasteiger partial charge in [-0.3, -0.25) is 9.59 Å². The van der Waals surface area contributed by atoms with Crippen molar-refractivity contribution in [3.05, 3.63) is 111 Å². The molecule has 0 spiro atoms. The number of esters is 6. The molecule has 3 N–H and O–H groups in total. The van der Waals surface area contributed by atoms with Crippen molar-refractivity contribution in [3.63, 3.8) is 0 Å². The van der Waals surface area contributed by atoms with Crippen molar-refractivity contribution >= 4 is 41.9 Å². The molecule has 0 radical (unpaired) electrons. The molecule has 0 aromatic heterocycles. The normalized spacial score (nSPS) is 37.3. The summed E-state index contributed by atoms with van der Waals surface area (Å²) in [5.74, 6) is -2.64. The van der Waals surface area contributed by atoms with E-state index in [-0.39, 0.29) is 59.3 Å². The van der Waals surface area contributed by atoms with E-state index in [0.29, 0.717) is 19.3 Å². The molecular formula is C73H96O18. The molecule has 6 aliphatic heterocycles. The molecule has 2 aromatic rings. The third-order valence-electron chi connectivity index (χ3n) is 22.6. The number of carbonyl (C=O) groups excluding carboxylic acids is 6. The van der Waals surface area contributed by atoms with Crippen LogP contribution in [0.15, 0.2) is 100 Å². The third kappa shape index (κ3) is 12.0. The molecule has 0 amide bonds. The monoisotopic (exact) mass is 1260 g/mol. The zero-order valence-corrected chi connectivity index (χ0v) is 55.5. The van der Waals surface area contributed by atoms with E-state index in [0.717, 1.165) is 67.2 Å². The standard InChI is InChI=1S/2C27H34O6.C19H28O6/c1-15(2)27-13-21(31-22(29)14-28)26(4,33-27)20-11-10-16(3)23(20)24(27)32-25(30)19-12-18(19)17-8-6-5-7-9-17;1-16(2)27-15-21(31-25(30)18(4)28)26(5,33-27)20-13-11-17(3)23(20)24(27)32-22(29)14-12-19-9-7-6-8-10-19;1-10(2)19-8-14(24-15(22)9-20)18(5,25-19)13-7-6-11(3)16(13)17(19)23-12(4)21/h5-9,15,18-21,24,28H,10-14H2,1-4H3;6-10,12,14,16,18,20-21,24,28H,11,13,15H2,1-5H3;10,13-14,17,20H,6-9H2,1-5H3/b;14-12+;/t18?,19?,20-,21-,24+,26+,27-;18-,20-,21-,24+,26+,27-;13-,14-,17+,18+,19-/m111/s1. The van der Waals surface area contributed by atoms with E-state index >= 15 is 0 Å². The number of aliphatic hydroxyl groups excluding tert-OH is 3. The van der Waals surface area contributed by atoms with E-state index in [1.807, 2.05) is 97.0 Å². The predicted molar refractivity (Wildman–Crippen MR) is 335 cm³/mol. The highest BCUT2D eigenvalue weighted by molar-refractivity contribution is 5.87. The Hall–Kier alpha value is -6.02. The SMILES string of the molecule is CC(=O)O[C@H]1C2=C(C)CC[C@H]2[C@]2(C)O[C@@]1(C(C)C)C[C@H]2OC(=O)CO.CC1=C2[C@@H](CC1)[C@]1(C)O[C@@](C(C)C)(C[C@H]1OC(=O)CO)[C@H]2OC(=O)C1CC1c1ccccc1.CC1=C2[C@@H](CC1)[C@]1(C)O[C@@](C(C)C)(C[C@H]1OC(=O)[C@@H](C)O)[C@H]2OC(=O)/C=C/c1ccccc1. The highest BCUT2D eigenvalue weighted by Gasteiger charge is 2.73. The fourth-order valence-electron chi connectivity index (χ4n) is 17.4. The van der Waals surface area contributed by atoms with Crippen LogP contribution in [0.3, 0.4) is 0 Å². The Labute approximate surface area is 535 Å². The Bertz CT molecular complexity index is 3250. The van der Waals surface area contributed by atoms with Gasteiger partial charge in [0.25, 0.3) is 0 Å². The van der Waals surface area contributed by atoms with Crippen LogP contribution in [0.5, 0.6) is 0 Å². The molecule has 2 unspecified atom stereocenters.